The summed E-state index contributed by atoms with van der Waals surface area (Å²) in [5.74, 6) is -1.29. The van der Waals surface area contributed by atoms with Gasteiger partial charge in [-0.1, -0.05) is 0 Å². The van der Waals surface area contributed by atoms with Crippen LogP contribution in [0.25, 0.3) is 0 Å². The van der Waals surface area contributed by atoms with Gasteiger partial charge in [0.2, 0.25) is 5.78 Å². The van der Waals surface area contributed by atoms with Crippen LogP contribution in [0.1, 0.15) is 21.5 Å². The molecule has 0 radical (unpaired) electrons. The Morgan fingerprint density at radius 2 is 1.93 bits per heavy atom. The second kappa shape index (κ2) is 3.06. The van der Waals surface area contributed by atoms with Gasteiger partial charge in [0.1, 0.15) is 11.8 Å². The Hall–Kier alpha value is -1.88. The van der Waals surface area contributed by atoms with Crippen LogP contribution >= 0.6 is 0 Å². The zero-order chi connectivity index (χ0) is 11.2. The molecule has 1 aromatic carbocycles. The summed E-state index contributed by atoms with van der Waals surface area (Å²) in [6.45, 7) is 0. The normalized spacial score (nSPS) is 14.6. The summed E-state index contributed by atoms with van der Waals surface area (Å²) in [5, 5.41) is 17.8. The lowest BCUT2D eigenvalue weighted by Crippen LogP contribution is -2.32. The number of benzene rings is 1. The molecule has 0 aliphatic heterocycles. The number of fused-ring (bicyclic) bond motifs is 2. The van der Waals surface area contributed by atoms with Gasteiger partial charge >= 0.3 is 5.97 Å². The first-order chi connectivity index (χ1) is 7.00. The summed E-state index contributed by atoms with van der Waals surface area (Å²) >= 11 is 0. The molecular formula is C10H9NO4. The third-order valence-corrected chi connectivity index (χ3v) is 2.43. The third-order valence-electron chi connectivity index (χ3n) is 2.43. The lowest BCUT2D eigenvalue weighted by molar-refractivity contribution is -0.138. The first-order valence-corrected chi connectivity index (χ1v) is 4.39. The number of hydrogen-bond donors (Lipinski definition) is 3. The van der Waals surface area contributed by atoms with Gasteiger partial charge in [-0.25, -0.2) is 0 Å². The maximum atomic E-state index is 11.1. The Morgan fingerprint density at radius 3 is 2.33 bits per heavy atom. The molecular weight excluding hydrogens is 198 g/mol. The molecule has 0 saturated heterocycles. The molecule has 1 atom stereocenters. The van der Waals surface area contributed by atoms with Gasteiger partial charge in [-0.2, -0.15) is 0 Å². The minimum absolute atomic E-state index is 0.00681. The van der Waals surface area contributed by atoms with Crippen molar-refractivity contribution in [2.45, 2.75) is 12.5 Å². The Morgan fingerprint density at radius 1 is 1.40 bits per heavy atom. The molecule has 0 aromatic heterocycles. The van der Waals surface area contributed by atoms with E-state index in [0.717, 1.165) is 0 Å². The van der Waals surface area contributed by atoms with Crippen LogP contribution in [0.4, 0.5) is 0 Å². The average molecular weight is 207 g/mol. The van der Waals surface area contributed by atoms with E-state index in [4.69, 9.17) is 10.8 Å². The standard InChI is InChI=1S/C10H9NO4/c11-7(10(14)15)3-4-1-5-8(12)6(2-4)9(5)13/h1-2,7,12H,3,11H2,(H,14,15)/t7-/m0/s1. The molecule has 5 nitrogen and oxygen atoms in total. The fraction of sp³-hybridized carbons (Fsp3) is 0.200. The third kappa shape index (κ3) is 1.37. The molecule has 1 aromatic rings. The van der Waals surface area contributed by atoms with Crippen molar-refractivity contribution in [3.63, 3.8) is 0 Å². The molecule has 0 heterocycles. The summed E-state index contributed by atoms with van der Waals surface area (Å²) in [6.07, 6.45) is 0.156. The highest BCUT2D eigenvalue weighted by molar-refractivity contribution is 6.21. The number of ketones is 1. The molecule has 4 N–H and O–H groups in total. The fourth-order valence-corrected chi connectivity index (χ4v) is 1.58. The molecule has 0 amide bonds. The maximum absolute atomic E-state index is 11.1. The summed E-state index contributed by atoms with van der Waals surface area (Å²) in [7, 11) is 0. The van der Waals surface area contributed by atoms with Crippen LogP contribution in [0.15, 0.2) is 12.1 Å². The number of aliphatic carboxylic acids is 1. The summed E-state index contributed by atoms with van der Waals surface area (Å²) in [5.41, 5.74) is 6.50. The van der Waals surface area contributed by atoms with Crippen LogP contribution < -0.4 is 5.73 Å². The second-order valence-electron chi connectivity index (χ2n) is 3.52. The van der Waals surface area contributed by atoms with E-state index in [-0.39, 0.29) is 29.1 Å². The molecule has 0 saturated carbocycles. The molecule has 2 aliphatic carbocycles. The molecule has 0 spiro atoms. The van der Waals surface area contributed by atoms with E-state index in [0.29, 0.717) is 5.56 Å². The Labute approximate surface area is 85.1 Å². The summed E-state index contributed by atoms with van der Waals surface area (Å²) < 4.78 is 0. The Bertz CT molecular complexity index is 439. The van der Waals surface area contributed by atoms with E-state index >= 15 is 0 Å². The number of carbonyl (C=O) groups excluding carboxylic acids is 1. The van der Waals surface area contributed by atoms with Crippen LogP contribution in [-0.2, 0) is 11.2 Å². The van der Waals surface area contributed by atoms with Crippen molar-refractivity contribution in [2.24, 2.45) is 5.73 Å². The number of nitrogens with two attached hydrogens (primary N) is 1. The minimum Gasteiger partial charge on any atom is -0.506 e. The predicted molar refractivity (Wildman–Crippen MR) is 50.9 cm³/mol. The fourth-order valence-electron chi connectivity index (χ4n) is 1.58. The molecule has 0 unspecified atom stereocenters. The molecule has 78 valence electrons. The number of carbonyl (C=O) groups is 2. The number of aromatic hydroxyl groups is 1. The van der Waals surface area contributed by atoms with Gasteiger partial charge in [-0.3, -0.25) is 9.59 Å². The topological polar surface area (TPSA) is 101 Å². The number of phenols is 1. The van der Waals surface area contributed by atoms with Crippen molar-refractivity contribution in [1.82, 2.24) is 0 Å². The quantitative estimate of drug-likeness (QED) is 0.652. The second-order valence-corrected chi connectivity index (χ2v) is 3.52. The smallest absolute Gasteiger partial charge is 0.320 e. The Kier molecular flexibility index (Phi) is 1.97. The van der Waals surface area contributed by atoms with E-state index in [1.807, 2.05) is 0 Å². The maximum Gasteiger partial charge on any atom is 0.320 e. The molecule has 15 heavy (non-hydrogen) atoms. The van der Waals surface area contributed by atoms with Gasteiger partial charge in [0, 0.05) is 0 Å². The molecule has 2 bridgehead atoms. The average Bonchev–Trinajstić information content (AvgIpc) is 2.21. The molecule has 2 aliphatic rings. The number of rotatable bonds is 3. The summed E-state index contributed by atoms with van der Waals surface area (Å²) in [6, 6.07) is 1.98. The number of carboxylic acids is 1. The van der Waals surface area contributed by atoms with Crippen LogP contribution in [0.3, 0.4) is 0 Å². The number of hydrogen-bond acceptors (Lipinski definition) is 4. The van der Waals surface area contributed by atoms with E-state index < -0.39 is 12.0 Å². The zero-order valence-corrected chi connectivity index (χ0v) is 7.73. The number of phenolic OH excluding ortho intramolecular Hbond substituents is 1. The largest absolute Gasteiger partial charge is 0.506 e. The number of carboxylic acid groups (broad SMARTS) is 1. The van der Waals surface area contributed by atoms with E-state index in [1.165, 1.54) is 12.1 Å². The van der Waals surface area contributed by atoms with Gasteiger partial charge in [-0.05, 0) is 24.1 Å². The van der Waals surface area contributed by atoms with Crippen molar-refractivity contribution in [1.29, 1.82) is 0 Å². The lowest BCUT2D eigenvalue weighted by atomic mass is 9.85. The lowest BCUT2D eigenvalue weighted by Gasteiger charge is -2.19. The van der Waals surface area contributed by atoms with Crippen molar-refractivity contribution in [3.8, 4) is 5.75 Å². The SMILES string of the molecule is N[C@@H](Cc1cc2c(O)c(c1)C2=O)C(=O)O. The van der Waals surface area contributed by atoms with Crippen LogP contribution in [0, 0.1) is 0 Å². The monoisotopic (exact) mass is 207 g/mol. The van der Waals surface area contributed by atoms with Gasteiger partial charge in [0.25, 0.3) is 0 Å². The van der Waals surface area contributed by atoms with E-state index in [2.05, 4.69) is 0 Å². The highest BCUT2D eigenvalue weighted by Gasteiger charge is 2.30. The minimum atomic E-state index is -1.09. The van der Waals surface area contributed by atoms with Gasteiger partial charge in [0.15, 0.2) is 0 Å². The molecule has 0 fully saturated rings. The highest BCUT2D eigenvalue weighted by atomic mass is 16.4. The Balaban J connectivity index is 2.21. The van der Waals surface area contributed by atoms with Crippen molar-refractivity contribution in [3.05, 3.63) is 28.8 Å². The van der Waals surface area contributed by atoms with Gasteiger partial charge < -0.3 is 15.9 Å². The van der Waals surface area contributed by atoms with E-state index in [1.54, 1.807) is 0 Å². The predicted octanol–water partition coefficient (Wildman–Crippen LogP) is -0.109. The highest BCUT2D eigenvalue weighted by Crippen LogP contribution is 2.37. The van der Waals surface area contributed by atoms with Gasteiger partial charge in [0.05, 0.1) is 11.1 Å². The van der Waals surface area contributed by atoms with Crippen LogP contribution in [0.5, 0.6) is 5.75 Å². The van der Waals surface area contributed by atoms with Crippen molar-refractivity contribution >= 4 is 11.8 Å². The van der Waals surface area contributed by atoms with Crippen molar-refractivity contribution < 1.29 is 19.8 Å². The summed E-state index contributed by atoms with van der Waals surface area (Å²) in [4.78, 5) is 21.6. The van der Waals surface area contributed by atoms with Crippen LogP contribution in [0.2, 0.25) is 0 Å². The van der Waals surface area contributed by atoms with Crippen LogP contribution in [-0.4, -0.2) is 28.0 Å². The molecule has 3 rings (SSSR count). The first kappa shape index (κ1) is 9.67. The zero-order valence-electron chi connectivity index (χ0n) is 7.73. The first-order valence-electron chi connectivity index (χ1n) is 4.39. The van der Waals surface area contributed by atoms with E-state index in [9.17, 15) is 14.7 Å². The van der Waals surface area contributed by atoms with Gasteiger partial charge in [-0.15, -0.1) is 0 Å². The van der Waals surface area contributed by atoms with Crippen molar-refractivity contribution in [2.75, 3.05) is 0 Å². The molecule has 5 heteroatoms.